The Balaban J connectivity index is 3.64. The number of aliphatic hydroxyl groups excluding tert-OH is 1. The smallest absolute Gasteiger partial charge is 0.340 e. The van der Waals surface area contributed by atoms with Gasteiger partial charge in [-0.3, -0.25) is 0 Å². The third kappa shape index (κ3) is 4.72. The van der Waals surface area contributed by atoms with Crippen LogP contribution in [0.2, 0.25) is 0 Å². The van der Waals surface area contributed by atoms with Crippen LogP contribution in [0, 0.1) is 0 Å². The third-order valence-corrected chi connectivity index (χ3v) is 1.09. The van der Waals surface area contributed by atoms with Gasteiger partial charge in [-0.1, -0.05) is 0 Å². The molecule has 0 aromatic heterocycles. The van der Waals surface area contributed by atoms with Crippen LogP contribution >= 0.6 is 0 Å². The molecule has 1 N–H and O–H groups in total. The van der Waals surface area contributed by atoms with Gasteiger partial charge in [0.25, 0.3) is 0 Å². The first-order valence-corrected chi connectivity index (χ1v) is 3.56. The first-order valence-electron chi connectivity index (χ1n) is 3.56. The number of hydrogen-bond donors (Lipinski definition) is 1. The van der Waals surface area contributed by atoms with E-state index in [9.17, 15) is 9.18 Å². The van der Waals surface area contributed by atoms with Crippen molar-refractivity contribution in [2.75, 3.05) is 6.61 Å². The number of alkyl halides is 1. The number of carbonyl (C=O) groups is 1. The van der Waals surface area contributed by atoms with Crippen molar-refractivity contribution in [3.8, 4) is 0 Å². The van der Waals surface area contributed by atoms with Gasteiger partial charge >= 0.3 is 5.97 Å². The molecule has 3 nitrogen and oxygen atoms in total. The molecule has 0 bridgehead atoms. The topological polar surface area (TPSA) is 46.5 Å². The molecule has 0 saturated heterocycles. The molecule has 66 valence electrons. The molecule has 4 heteroatoms. The van der Waals surface area contributed by atoms with Crippen molar-refractivity contribution < 1.29 is 19.0 Å². The number of halogens is 1. The average Bonchev–Trinajstić information content (AvgIpc) is 1.86. The van der Waals surface area contributed by atoms with E-state index in [0.717, 1.165) is 0 Å². The molecule has 0 heterocycles. The molecular formula is C7H13FO3. The highest BCUT2D eigenvalue weighted by atomic mass is 19.1. The van der Waals surface area contributed by atoms with Crippen molar-refractivity contribution in [2.45, 2.75) is 32.5 Å². The van der Waals surface area contributed by atoms with Crippen molar-refractivity contribution in [3.63, 3.8) is 0 Å². The molecule has 0 aliphatic heterocycles. The lowest BCUT2D eigenvalue weighted by Gasteiger charge is -2.08. The Bertz CT molecular complexity index is 125. The number of carbonyl (C=O) groups excluding carboxylic acids is 1. The SMILES string of the molecule is CCOC(=O)[C@H](F)C[C@@H](C)O. The van der Waals surface area contributed by atoms with Crippen LogP contribution in [0.4, 0.5) is 4.39 Å². The highest BCUT2D eigenvalue weighted by molar-refractivity contribution is 5.74. The van der Waals surface area contributed by atoms with Crippen molar-refractivity contribution >= 4 is 5.97 Å². The number of esters is 1. The number of rotatable bonds is 4. The second-order valence-electron chi connectivity index (χ2n) is 2.30. The Morgan fingerprint density at radius 3 is 2.64 bits per heavy atom. The van der Waals surface area contributed by atoms with Crippen molar-refractivity contribution in [2.24, 2.45) is 0 Å². The molecule has 11 heavy (non-hydrogen) atoms. The second kappa shape index (κ2) is 5.07. The summed E-state index contributed by atoms with van der Waals surface area (Å²) in [6.07, 6.45) is -2.71. The fourth-order valence-electron chi connectivity index (χ4n) is 0.628. The second-order valence-corrected chi connectivity index (χ2v) is 2.30. The van der Waals surface area contributed by atoms with Gasteiger partial charge in [0.15, 0.2) is 6.17 Å². The summed E-state index contributed by atoms with van der Waals surface area (Å²) >= 11 is 0. The maximum Gasteiger partial charge on any atom is 0.340 e. The van der Waals surface area contributed by atoms with Crippen molar-refractivity contribution in [1.29, 1.82) is 0 Å². The molecule has 0 saturated carbocycles. The Kier molecular flexibility index (Phi) is 4.77. The van der Waals surface area contributed by atoms with Crippen LogP contribution in [-0.2, 0) is 9.53 Å². The van der Waals surface area contributed by atoms with E-state index in [0.29, 0.717) is 0 Å². The Labute approximate surface area is 65.2 Å². The maximum atomic E-state index is 12.6. The molecule has 0 aliphatic carbocycles. The minimum atomic E-state index is -1.70. The van der Waals surface area contributed by atoms with E-state index in [4.69, 9.17) is 5.11 Å². The minimum Gasteiger partial charge on any atom is -0.464 e. The molecule has 0 radical (unpaired) electrons. The lowest BCUT2D eigenvalue weighted by atomic mass is 10.2. The Morgan fingerprint density at radius 1 is 1.73 bits per heavy atom. The molecule has 0 unspecified atom stereocenters. The van der Waals surface area contributed by atoms with Gasteiger partial charge in [-0.25, -0.2) is 9.18 Å². The van der Waals surface area contributed by atoms with Crippen LogP contribution in [-0.4, -0.2) is 30.0 Å². The van der Waals surface area contributed by atoms with Gasteiger partial charge < -0.3 is 9.84 Å². The molecule has 2 atom stereocenters. The summed E-state index contributed by atoms with van der Waals surface area (Å²) in [6.45, 7) is 3.19. The molecule has 0 rings (SSSR count). The monoisotopic (exact) mass is 164 g/mol. The van der Waals surface area contributed by atoms with E-state index >= 15 is 0 Å². The van der Waals surface area contributed by atoms with E-state index < -0.39 is 18.2 Å². The molecule has 0 fully saturated rings. The summed E-state index contributed by atoms with van der Waals surface area (Å²) in [5, 5.41) is 8.69. The van der Waals surface area contributed by atoms with Crippen LogP contribution in [0.25, 0.3) is 0 Å². The van der Waals surface area contributed by atoms with E-state index in [-0.39, 0.29) is 13.0 Å². The van der Waals surface area contributed by atoms with E-state index in [2.05, 4.69) is 4.74 Å². The molecular weight excluding hydrogens is 151 g/mol. The summed E-state index contributed by atoms with van der Waals surface area (Å²) < 4.78 is 17.0. The lowest BCUT2D eigenvalue weighted by Crippen LogP contribution is -2.22. The number of aliphatic hydroxyl groups is 1. The number of hydrogen-bond acceptors (Lipinski definition) is 3. The first kappa shape index (κ1) is 10.4. The van der Waals surface area contributed by atoms with Crippen molar-refractivity contribution in [1.82, 2.24) is 0 Å². The molecule has 0 aromatic carbocycles. The zero-order chi connectivity index (χ0) is 8.85. The van der Waals surface area contributed by atoms with Crippen LogP contribution in [0.5, 0.6) is 0 Å². The van der Waals surface area contributed by atoms with Gasteiger partial charge in [-0.2, -0.15) is 0 Å². The standard InChI is InChI=1S/C7H13FO3/c1-3-11-7(10)6(8)4-5(2)9/h5-6,9H,3-4H2,1-2H3/t5-,6-/m1/s1. The largest absolute Gasteiger partial charge is 0.464 e. The quantitative estimate of drug-likeness (QED) is 0.621. The predicted molar refractivity (Wildman–Crippen MR) is 37.8 cm³/mol. The average molecular weight is 164 g/mol. The van der Waals surface area contributed by atoms with E-state index in [1.807, 2.05) is 0 Å². The van der Waals surface area contributed by atoms with Gasteiger partial charge in [-0.15, -0.1) is 0 Å². The summed E-state index contributed by atoms with van der Waals surface area (Å²) in [4.78, 5) is 10.6. The summed E-state index contributed by atoms with van der Waals surface area (Å²) in [6, 6.07) is 0. The van der Waals surface area contributed by atoms with Gasteiger partial charge in [0, 0.05) is 6.42 Å². The van der Waals surface area contributed by atoms with Crippen molar-refractivity contribution in [3.05, 3.63) is 0 Å². The van der Waals surface area contributed by atoms with Crippen LogP contribution in [0.1, 0.15) is 20.3 Å². The van der Waals surface area contributed by atoms with Crippen LogP contribution in [0.15, 0.2) is 0 Å². The Morgan fingerprint density at radius 2 is 2.27 bits per heavy atom. The zero-order valence-electron chi connectivity index (χ0n) is 6.71. The van der Waals surface area contributed by atoms with Gasteiger partial charge in [-0.05, 0) is 13.8 Å². The third-order valence-electron chi connectivity index (χ3n) is 1.09. The van der Waals surface area contributed by atoms with E-state index in [1.165, 1.54) is 6.92 Å². The first-order chi connectivity index (χ1) is 5.07. The minimum absolute atomic E-state index is 0.166. The van der Waals surface area contributed by atoms with Gasteiger partial charge in [0.1, 0.15) is 0 Å². The Hall–Kier alpha value is -0.640. The highest BCUT2D eigenvalue weighted by Crippen LogP contribution is 2.04. The molecule has 0 spiro atoms. The van der Waals surface area contributed by atoms with Crippen LogP contribution in [0.3, 0.4) is 0 Å². The normalized spacial score (nSPS) is 15.6. The molecule has 0 aliphatic rings. The number of ether oxygens (including phenoxy) is 1. The molecule has 0 aromatic rings. The summed E-state index contributed by atoms with van der Waals surface area (Å²) in [5.41, 5.74) is 0. The molecule has 0 amide bonds. The van der Waals surface area contributed by atoms with E-state index in [1.54, 1.807) is 6.92 Å². The van der Waals surface area contributed by atoms with Crippen LogP contribution < -0.4 is 0 Å². The van der Waals surface area contributed by atoms with Gasteiger partial charge in [0.2, 0.25) is 0 Å². The fourth-order valence-corrected chi connectivity index (χ4v) is 0.628. The summed E-state index contributed by atoms with van der Waals surface area (Å²) in [7, 11) is 0. The maximum absolute atomic E-state index is 12.6. The lowest BCUT2D eigenvalue weighted by molar-refractivity contribution is -0.150. The van der Waals surface area contributed by atoms with Gasteiger partial charge in [0.05, 0.1) is 12.7 Å². The highest BCUT2D eigenvalue weighted by Gasteiger charge is 2.19. The zero-order valence-corrected chi connectivity index (χ0v) is 6.71. The predicted octanol–water partition coefficient (Wildman–Crippen LogP) is 0.658. The fraction of sp³-hybridized carbons (Fsp3) is 0.857. The summed E-state index contributed by atoms with van der Waals surface area (Å²) in [5.74, 6) is -0.895.